The average Bonchev–Trinajstić information content (AvgIpc) is 2.97. The van der Waals surface area contributed by atoms with Gasteiger partial charge in [0.2, 0.25) is 0 Å². The van der Waals surface area contributed by atoms with Crippen molar-refractivity contribution in [3.8, 4) is 0 Å². The van der Waals surface area contributed by atoms with Crippen LogP contribution < -0.4 is 5.32 Å². The molecule has 3 unspecified atom stereocenters. The molecule has 2 N–H and O–H groups in total. The Hall–Kier alpha value is -1.30. The van der Waals surface area contributed by atoms with Gasteiger partial charge in [-0.15, -0.1) is 0 Å². The molecule has 0 bridgehead atoms. The van der Waals surface area contributed by atoms with E-state index in [4.69, 9.17) is 5.11 Å². The molecule has 2 rings (SSSR count). The number of aliphatic carboxylic acids is 1. The van der Waals surface area contributed by atoms with Crippen molar-refractivity contribution in [2.75, 3.05) is 27.2 Å². The van der Waals surface area contributed by atoms with Crippen molar-refractivity contribution in [2.45, 2.75) is 44.2 Å². The number of likely N-dealkylation sites (tertiary alicyclic amines) is 1. The molecule has 1 saturated heterocycles. The molecule has 114 valence electrons. The minimum absolute atomic E-state index is 0.0178. The molecule has 2 fully saturated rings. The van der Waals surface area contributed by atoms with Crippen LogP contribution in [0.3, 0.4) is 0 Å². The SMILES string of the molecule is CN(C)CC1CCCN1C(=O)NC1CCC(C(=O)O)C1. The molecule has 0 aromatic heterocycles. The van der Waals surface area contributed by atoms with E-state index in [-0.39, 0.29) is 24.0 Å². The molecule has 0 aromatic rings. The van der Waals surface area contributed by atoms with E-state index >= 15 is 0 Å². The monoisotopic (exact) mass is 283 g/mol. The lowest BCUT2D eigenvalue weighted by atomic mass is 10.1. The largest absolute Gasteiger partial charge is 0.481 e. The third kappa shape index (κ3) is 3.62. The second kappa shape index (κ2) is 6.43. The Morgan fingerprint density at radius 1 is 1.30 bits per heavy atom. The topological polar surface area (TPSA) is 72.9 Å². The van der Waals surface area contributed by atoms with E-state index in [1.165, 1.54) is 0 Å². The summed E-state index contributed by atoms with van der Waals surface area (Å²) in [5, 5.41) is 12.0. The normalized spacial score (nSPS) is 29.9. The summed E-state index contributed by atoms with van der Waals surface area (Å²) in [6, 6.07) is 0.274. The summed E-state index contributed by atoms with van der Waals surface area (Å²) < 4.78 is 0. The highest BCUT2D eigenvalue weighted by atomic mass is 16.4. The van der Waals surface area contributed by atoms with Gasteiger partial charge in [0.15, 0.2) is 0 Å². The van der Waals surface area contributed by atoms with Crippen molar-refractivity contribution in [1.29, 1.82) is 0 Å². The lowest BCUT2D eigenvalue weighted by molar-refractivity contribution is -0.141. The van der Waals surface area contributed by atoms with Gasteiger partial charge in [0, 0.05) is 25.2 Å². The van der Waals surface area contributed by atoms with Crippen LogP contribution in [-0.4, -0.2) is 66.2 Å². The number of carbonyl (C=O) groups excluding carboxylic acids is 1. The van der Waals surface area contributed by atoms with Crippen molar-refractivity contribution >= 4 is 12.0 Å². The molecule has 6 heteroatoms. The number of amides is 2. The highest BCUT2D eigenvalue weighted by Gasteiger charge is 2.34. The molecule has 0 radical (unpaired) electrons. The summed E-state index contributed by atoms with van der Waals surface area (Å²) >= 11 is 0. The fourth-order valence-electron chi connectivity index (χ4n) is 3.31. The highest BCUT2D eigenvalue weighted by molar-refractivity contribution is 5.76. The molecule has 6 nitrogen and oxygen atoms in total. The number of hydrogen-bond donors (Lipinski definition) is 2. The lowest BCUT2D eigenvalue weighted by Gasteiger charge is -2.28. The van der Waals surface area contributed by atoms with Crippen molar-refractivity contribution in [3.63, 3.8) is 0 Å². The van der Waals surface area contributed by atoms with Crippen molar-refractivity contribution in [2.24, 2.45) is 5.92 Å². The van der Waals surface area contributed by atoms with Gasteiger partial charge in [0.05, 0.1) is 5.92 Å². The summed E-state index contributed by atoms with van der Waals surface area (Å²) in [5.74, 6) is -1.04. The molecule has 20 heavy (non-hydrogen) atoms. The van der Waals surface area contributed by atoms with Crippen molar-refractivity contribution in [1.82, 2.24) is 15.1 Å². The Morgan fingerprint density at radius 3 is 2.65 bits per heavy atom. The van der Waals surface area contributed by atoms with Crippen LogP contribution in [-0.2, 0) is 4.79 Å². The van der Waals surface area contributed by atoms with E-state index in [9.17, 15) is 9.59 Å². The highest BCUT2D eigenvalue weighted by Crippen LogP contribution is 2.26. The van der Waals surface area contributed by atoms with Crippen molar-refractivity contribution < 1.29 is 14.7 Å². The number of urea groups is 1. The molecule has 1 aliphatic carbocycles. The van der Waals surface area contributed by atoms with Crippen molar-refractivity contribution in [3.05, 3.63) is 0 Å². The average molecular weight is 283 g/mol. The number of carbonyl (C=O) groups is 2. The summed E-state index contributed by atoms with van der Waals surface area (Å²) in [6.45, 7) is 1.69. The van der Waals surface area contributed by atoms with Gasteiger partial charge in [-0.25, -0.2) is 4.79 Å². The second-order valence-corrected chi connectivity index (χ2v) is 6.25. The molecule has 3 atom stereocenters. The number of carboxylic acid groups (broad SMARTS) is 1. The Bertz CT molecular complexity index is 373. The molecule has 0 spiro atoms. The van der Waals surface area contributed by atoms with Gasteiger partial charge >= 0.3 is 12.0 Å². The van der Waals surface area contributed by atoms with Gasteiger partial charge in [-0.2, -0.15) is 0 Å². The quantitative estimate of drug-likeness (QED) is 0.806. The fourth-order valence-corrected chi connectivity index (χ4v) is 3.31. The predicted molar refractivity (Wildman–Crippen MR) is 75.6 cm³/mol. The van der Waals surface area contributed by atoms with E-state index in [0.717, 1.165) is 32.4 Å². The maximum absolute atomic E-state index is 12.3. The summed E-state index contributed by atoms with van der Waals surface area (Å²) in [7, 11) is 4.03. The smallest absolute Gasteiger partial charge is 0.317 e. The van der Waals surface area contributed by atoms with Gasteiger partial charge in [-0.05, 0) is 46.2 Å². The van der Waals surface area contributed by atoms with Gasteiger partial charge < -0.3 is 20.2 Å². The van der Waals surface area contributed by atoms with E-state index in [2.05, 4.69) is 10.2 Å². The van der Waals surface area contributed by atoms with E-state index in [0.29, 0.717) is 12.8 Å². The van der Waals surface area contributed by atoms with Crippen LogP contribution in [0.25, 0.3) is 0 Å². The van der Waals surface area contributed by atoms with Crippen LogP contribution in [0.1, 0.15) is 32.1 Å². The van der Waals surface area contributed by atoms with Crippen LogP contribution in [0.5, 0.6) is 0 Å². The minimum Gasteiger partial charge on any atom is -0.481 e. The van der Waals surface area contributed by atoms with Gasteiger partial charge in [-0.1, -0.05) is 0 Å². The number of nitrogens with one attached hydrogen (secondary N) is 1. The Balaban J connectivity index is 1.84. The third-order valence-electron chi connectivity index (χ3n) is 4.32. The lowest BCUT2D eigenvalue weighted by Crippen LogP contribution is -2.48. The number of carboxylic acids is 1. The summed E-state index contributed by atoms with van der Waals surface area (Å²) in [4.78, 5) is 27.3. The fraction of sp³-hybridized carbons (Fsp3) is 0.857. The van der Waals surface area contributed by atoms with Gasteiger partial charge in [-0.3, -0.25) is 4.79 Å². The molecule has 1 heterocycles. The summed E-state index contributed by atoms with van der Waals surface area (Å²) in [5.41, 5.74) is 0. The van der Waals surface area contributed by atoms with E-state index < -0.39 is 5.97 Å². The standard InChI is InChI=1S/C14H25N3O3/c1-16(2)9-12-4-3-7-17(12)14(20)15-11-6-5-10(8-11)13(18)19/h10-12H,3-9H2,1-2H3,(H,15,20)(H,18,19). The zero-order chi connectivity index (χ0) is 14.7. The van der Waals surface area contributed by atoms with Crippen LogP contribution in [0.15, 0.2) is 0 Å². The zero-order valence-electron chi connectivity index (χ0n) is 12.3. The first kappa shape index (κ1) is 15.1. The maximum atomic E-state index is 12.3. The maximum Gasteiger partial charge on any atom is 0.317 e. The first-order chi connectivity index (χ1) is 9.47. The molecule has 2 amide bonds. The summed E-state index contributed by atoms with van der Waals surface area (Å²) in [6.07, 6.45) is 4.10. The number of nitrogens with zero attached hydrogens (tertiary/aromatic N) is 2. The second-order valence-electron chi connectivity index (χ2n) is 6.25. The Morgan fingerprint density at radius 2 is 2.05 bits per heavy atom. The zero-order valence-corrected chi connectivity index (χ0v) is 12.3. The van der Waals surface area contributed by atoms with E-state index in [1.807, 2.05) is 19.0 Å². The number of likely N-dealkylation sites (N-methyl/N-ethyl adjacent to an activating group) is 1. The van der Waals surface area contributed by atoms with Crippen LogP contribution in [0, 0.1) is 5.92 Å². The first-order valence-electron chi connectivity index (χ1n) is 7.42. The van der Waals surface area contributed by atoms with Crippen LogP contribution in [0.2, 0.25) is 0 Å². The Labute approximate surface area is 120 Å². The first-order valence-corrected chi connectivity index (χ1v) is 7.42. The Kier molecular flexibility index (Phi) is 4.86. The van der Waals surface area contributed by atoms with Crippen LogP contribution >= 0.6 is 0 Å². The molecular formula is C14H25N3O3. The number of rotatable bonds is 4. The van der Waals surface area contributed by atoms with Crippen LogP contribution in [0.4, 0.5) is 4.79 Å². The molecule has 0 aromatic carbocycles. The molecule has 1 aliphatic heterocycles. The minimum atomic E-state index is -0.742. The predicted octanol–water partition coefficient (Wildman–Crippen LogP) is 0.975. The molecular weight excluding hydrogens is 258 g/mol. The van der Waals surface area contributed by atoms with Gasteiger partial charge in [0.25, 0.3) is 0 Å². The number of hydrogen-bond acceptors (Lipinski definition) is 3. The van der Waals surface area contributed by atoms with E-state index in [1.54, 1.807) is 0 Å². The third-order valence-corrected chi connectivity index (χ3v) is 4.32. The molecule has 1 saturated carbocycles. The van der Waals surface area contributed by atoms with Gasteiger partial charge in [0.1, 0.15) is 0 Å². The molecule has 2 aliphatic rings.